The monoisotopic (exact) mass is 434 g/mol. The molecule has 10 nitrogen and oxygen atoms in total. The van der Waals surface area contributed by atoms with Crippen LogP contribution in [0.1, 0.15) is 51.2 Å². The molecule has 2 N–H and O–H groups in total. The molecule has 0 spiro atoms. The minimum atomic E-state index is -0.216. The highest BCUT2D eigenvalue weighted by Gasteiger charge is 2.26. The van der Waals surface area contributed by atoms with Gasteiger partial charge in [-0.1, -0.05) is 6.92 Å². The van der Waals surface area contributed by atoms with E-state index in [2.05, 4.69) is 32.7 Å². The number of aromatic nitrogens is 3. The zero-order chi connectivity index (χ0) is 22.2. The van der Waals surface area contributed by atoms with Crippen LogP contribution in [0.4, 0.5) is 4.79 Å². The smallest absolute Gasteiger partial charge is 0.409 e. The molecule has 1 amide bonds. The highest BCUT2D eigenvalue weighted by atomic mass is 16.6. The van der Waals surface area contributed by atoms with Crippen LogP contribution in [0.3, 0.4) is 0 Å². The Morgan fingerprint density at radius 3 is 2.61 bits per heavy atom. The molecule has 0 aliphatic carbocycles. The summed E-state index contributed by atoms with van der Waals surface area (Å²) in [5.41, 5.74) is 0. The summed E-state index contributed by atoms with van der Waals surface area (Å²) < 4.78 is 7.09. The van der Waals surface area contributed by atoms with E-state index in [4.69, 9.17) is 9.73 Å². The molecule has 2 aliphatic rings. The Morgan fingerprint density at radius 1 is 1.19 bits per heavy atom. The minimum absolute atomic E-state index is 0.216. The first kappa shape index (κ1) is 23.3. The van der Waals surface area contributed by atoms with Gasteiger partial charge < -0.3 is 24.8 Å². The summed E-state index contributed by atoms with van der Waals surface area (Å²) in [6, 6.07) is 0.809. The van der Waals surface area contributed by atoms with Crippen molar-refractivity contribution < 1.29 is 9.53 Å². The average Bonchev–Trinajstić information content (AvgIpc) is 3.37. The van der Waals surface area contributed by atoms with Gasteiger partial charge >= 0.3 is 6.09 Å². The fourth-order valence-electron chi connectivity index (χ4n) is 4.26. The zero-order valence-corrected chi connectivity index (χ0v) is 19.4. The highest BCUT2D eigenvalue weighted by molar-refractivity contribution is 5.80. The van der Waals surface area contributed by atoms with Gasteiger partial charge in [-0.2, -0.15) is 0 Å². The van der Waals surface area contributed by atoms with Crippen molar-refractivity contribution in [1.82, 2.24) is 35.2 Å². The number of likely N-dealkylation sites (tertiary alicyclic amines) is 2. The van der Waals surface area contributed by atoms with E-state index in [1.54, 1.807) is 4.90 Å². The lowest BCUT2D eigenvalue weighted by molar-refractivity contribution is 0.0963. The van der Waals surface area contributed by atoms with E-state index in [1.165, 1.54) is 19.4 Å². The van der Waals surface area contributed by atoms with Gasteiger partial charge in [-0.15, -0.1) is 10.2 Å². The van der Waals surface area contributed by atoms with Crippen molar-refractivity contribution in [2.75, 3.05) is 39.3 Å². The third kappa shape index (κ3) is 6.32. The van der Waals surface area contributed by atoms with Gasteiger partial charge in [-0.05, 0) is 52.6 Å². The van der Waals surface area contributed by atoms with Crippen LogP contribution < -0.4 is 10.6 Å². The van der Waals surface area contributed by atoms with Crippen LogP contribution in [0, 0.1) is 6.92 Å². The predicted molar refractivity (Wildman–Crippen MR) is 120 cm³/mol. The van der Waals surface area contributed by atoms with Gasteiger partial charge in [-0.25, -0.2) is 9.79 Å². The quantitative estimate of drug-likeness (QED) is 0.492. The van der Waals surface area contributed by atoms with Gasteiger partial charge in [-0.3, -0.25) is 4.90 Å². The summed E-state index contributed by atoms with van der Waals surface area (Å²) in [5.74, 6) is 2.52. The number of nitrogens with zero attached hydrogens (tertiary/aromatic N) is 6. The van der Waals surface area contributed by atoms with Gasteiger partial charge in [0, 0.05) is 38.8 Å². The second kappa shape index (κ2) is 11.3. The molecule has 174 valence electrons. The number of piperidine rings is 1. The van der Waals surface area contributed by atoms with Crippen LogP contribution in [0.15, 0.2) is 4.99 Å². The SMILES string of the molecule is CCOC(=O)N1CCC(NC(=NCc2nnc(C)n2C)NCC2CCCN2CC)CC1. The Balaban J connectivity index is 1.59. The Hall–Kier alpha value is -2.36. The number of aryl methyl sites for hydroxylation is 1. The molecule has 2 fully saturated rings. The van der Waals surface area contributed by atoms with Gasteiger partial charge in [0.15, 0.2) is 11.8 Å². The van der Waals surface area contributed by atoms with Crippen LogP contribution >= 0.6 is 0 Å². The van der Waals surface area contributed by atoms with E-state index >= 15 is 0 Å². The average molecular weight is 435 g/mol. The van der Waals surface area contributed by atoms with Gasteiger partial charge in [0.25, 0.3) is 0 Å². The van der Waals surface area contributed by atoms with Crippen molar-refractivity contribution in [3.63, 3.8) is 0 Å². The number of rotatable bonds is 7. The van der Waals surface area contributed by atoms with Crippen molar-refractivity contribution in [2.24, 2.45) is 12.0 Å². The summed E-state index contributed by atoms with van der Waals surface area (Å²) in [4.78, 5) is 21.1. The molecule has 1 atom stereocenters. The Morgan fingerprint density at radius 2 is 1.97 bits per heavy atom. The first-order valence-corrected chi connectivity index (χ1v) is 11.6. The molecule has 10 heteroatoms. The van der Waals surface area contributed by atoms with Crippen LogP contribution in [0.25, 0.3) is 0 Å². The zero-order valence-electron chi connectivity index (χ0n) is 19.4. The van der Waals surface area contributed by atoms with E-state index < -0.39 is 0 Å². The number of hydrogen-bond acceptors (Lipinski definition) is 6. The number of nitrogens with one attached hydrogen (secondary N) is 2. The van der Waals surface area contributed by atoms with Crippen molar-refractivity contribution >= 4 is 12.1 Å². The standard InChI is InChI=1S/C21H38N8O2/c1-5-28-11-7-8-18(28)14-22-20(23-15-19-26-25-16(3)27(19)4)24-17-9-12-29(13-10-17)21(30)31-6-2/h17-18H,5-15H2,1-4H3,(H2,22,23,24). The van der Waals surface area contributed by atoms with E-state index in [1.807, 2.05) is 25.5 Å². The molecule has 2 saturated heterocycles. The lowest BCUT2D eigenvalue weighted by Gasteiger charge is -2.32. The highest BCUT2D eigenvalue weighted by Crippen LogP contribution is 2.16. The summed E-state index contributed by atoms with van der Waals surface area (Å²) in [7, 11) is 1.96. The second-order valence-corrected chi connectivity index (χ2v) is 8.30. The van der Waals surface area contributed by atoms with E-state index in [0.29, 0.717) is 32.3 Å². The molecule has 1 unspecified atom stereocenters. The van der Waals surface area contributed by atoms with E-state index in [-0.39, 0.29) is 12.1 Å². The number of carbonyl (C=O) groups is 1. The number of ether oxygens (including phenoxy) is 1. The molecule has 0 aromatic carbocycles. The van der Waals surface area contributed by atoms with Crippen molar-refractivity contribution in [2.45, 2.75) is 65.1 Å². The number of likely N-dealkylation sites (N-methyl/N-ethyl adjacent to an activating group) is 1. The van der Waals surface area contributed by atoms with Gasteiger partial charge in [0.1, 0.15) is 12.4 Å². The number of carbonyl (C=O) groups excluding carboxylic acids is 1. The number of guanidine groups is 1. The Bertz CT molecular complexity index is 742. The Labute approximate surface area is 185 Å². The first-order valence-electron chi connectivity index (χ1n) is 11.6. The lowest BCUT2D eigenvalue weighted by atomic mass is 10.1. The van der Waals surface area contributed by atoms with Crippen molar-refractivity contribution in [3.8, 4) is 0 Å². The van der Waals surface area contributed by atoms with Crippen LogP contribution in [-0.4, -0.2) is 88.0 Å². The molecule has 1 aromatic rings. The fourth-order valence-corrected chi connectivity index (χ4v) is 4.26. The maximum atomic E-state index is 12.0. The van der Waals surface area contributed by atoms with E-state index in [9.17, 15) is 4.79 Å². The Kier molecular flexibility index (Phi) is 8.51. The maximum Gasteiger partial charge on any atom is 0.409 e. The number of amides is 1. The van der Waals surface area contributed by atoms with Crippen LogP contribution in [0.2, 0.25) is 0 Å². The van der Waals surface area contributed by atoms with Crippen molar-refractivity contribution in [1.29, 1.82) is 0 Å². The van der Waals surface area contributed by atoms with E-state index in [0.717, 1.165) is 43.5 Å². The third-order valence-corrected chi connectivity index (χ3v) is 6.33. The van der Waals surface area contributed by atoms with Gasteiger partial charge in [0.05, 0.1) is 6.61 Å². The summed E-state index contributed by atoms with van der Waals surface area (Å²) in [6.45, 7) is 11.4. The molecule has 3 rings (SSSR count). The lowest BCUT2D eigenvalue weighted by Crippen LogP contribution is -2.51. The van der Waals surface area contributed by atoms with Crippen LogP contribution in [0.5, 0.6) is 0 Å². The molecule has 0 bridgehead atoms. The molecule has 0 saturated carbocycles. The third-order valence-electron chi connectivity index (χ3n) is 6.33. The van der Waals surface area contributed by atoms with Crippen molar-refractivity contribution in [3.05, 3.63) is 11.6 Å². The molecule has 3 heterocycles. The van der Waals surface area contributed by atoms with Crippen LogP contribution in [-0.2, 0) is 18.3 Å². The number of aliphatic imine (C=N–C) groups is 1. The first-order chi connectivity index (χ1) is 15.0. The molecular weight excluding hydrogens is 396 g/mol. The normalized spacial score (nSPS) is 20.8. The van der Waals surface area contributed by atoms with Gasteiger partial charge in [0.2, 0.25) is 0 Å². The minimum Gasteiger partial charge on any atom is -0.450 e. The summed E-state index contributed by atoms with van der Waals surface area (Å²) >= 11 is 0. The maximum absolute atomic E-state index is 12.0. The fraction of sp³-hybridized carbons (Fsp3) is 0.810. The topological polar surface area (TPSA) is 99.9 Å². The predicted octanol–water partition coefficient (Wildman–Crippen LogP) is 1.26. The second-order valence-electron chi connectivity index (χ2n) is 8.30. The molecule has 0 radical (unpaired) electrons. The largest absolute Gasteiger partial charge is 0.450 e. The molecular formula is C21H38N8O2. The number of hydrogen-bond donors (Lipinski definition) is 2. The molecule has 31 heavy (non-hydrogen) atoms. The molecule has 1 aromatic heterocycles. The molecule has 2 aliphatic heterocycles. The summed E-state index contributed by atoms with van der Waals surface area (Å²) in [5, 5.41) is 15.5. The summed E-state index contributed by atoms with van der Waals surface area (Å²) in [6.07, 6.45) is 3.99.